The van der Waals surface area contributed by atoms with Crippen molar-refractivity contribution in [2.24, 2.45) is 13.0 Å². The Bertz CT molecular complexity index is 555. The zero-order valence-corrected chi connectivity index (χ0v) is 11.2. The summed E-state index contributed by atoms with van der Waals surface area (Å²) >= 11 is 0. The van der Waals surface area contributed by atoms with Crippen molar-refractivity contribution in [3.05, 3.63) is 36.0 Å². The van der Waals surface area contributed by atoms with Crippen molar-refractivity contribution in [2.45, 2.75) is 20.3 Å². The third-order valence-corrected chi connectivity index (χ3v) is 3.20. The van der Waals surface area contributed by atoms with E-state index in [1.807, 2.05) is 19.9 Å². The normalized spacial score (nSPS) is 11.1. The van der Waals surface area contributed by atoms with Crippen molar-refractivity contribution in [3.8, 4) is 0 Å². The maximum Gasteiger partial charge on any atom is 0.222 e. The predicted molar refractivity (Wildman–Crippen MR) is 74.5 cm³/mol. The highest BCUT2D eigenvalue weighted by atomic mass is 16.1. The second kappa shape index (κ2) is 5.25. The first kappa shape index (κ1) is 12.7. The molecule has 0 saturated heterocycles. The lowest BCUT2D eigenvalue weighted by Gasteiger charge is -2.06. The summed E-state index contributed by atoms with van der Waals surface area (Å²) < 4.78 is 2.13. The Labute approximate surface area is 108 Å². The number of aryl methyl sites for hydroxylation is 1. The van der Waals surface area contributed by atoms with Gasteiger partial charge in [-0.05, 0) is 18.1 Å². The van der Waals surface area contributed by atoms with Crippen LogP contribution in [0, 0.1) is 5.92 Å². The molecule has 2 aromatic rings. The minimum absolute atomic E-state index is 0.0533. The van der Waals surface area contributed by atoms with Crippen molar-refractivity contribution in [2.75, 3.05) is 6.54 Å². The number of aromatic nitrogens is 1. The highest BCUT2D eigenvalue weighted by Gasteiger charge is 2.08. The van der Waals surface area contributed by atoms with Gasteiger partial charge in [-0.25, -0.2) is 0 Å². The van der Waals surface area contributed by atoms with Crippen LogP contribution in [0.2, 0.25) is 0 Å². The van der Waals surface area contributed by atoms with Crippen LogP contribution in [0.15, 0.2) is 30.5 Å². The summed E-state index contributed by atoms with van der Waals surface area (Å²) in [5.74, 6) is 0.174. The van der Waals surface area contributed by atoms with E-state index in [0.717, 1.165) is 6.42 Å². The molecule has 0 radical (unpaired) electrons. The smallest absolute Gasteiger partial charge is 0.222 e. The number of amides is 1. The molecule has 0 aliphatic heterocycles. The van der Waals surface area contributed by atoms with Gasteiger partial charge in [-0.2, -0.15) is 0 Å². The molecule has 0 bridgehead atoms. The molecule has 0 saturated carbocycles. The minimum Gasteiger partial charge on any atom is -0.356 e. The van der Waals surface area contributed by atoms with E-state index in [2.05, 4.69) is 41.3 Å². The summed E-state index contributed by atoms with van der Waals surface area (Å²) in [6.07, 6.45) is 3.02. The van der Waals surface area contributed by atoms with Crippen LogP contribution in [-0.2, 0) is 18.3 Å². The minimum atomic E-state index is 0.0533. The van der Waals surface area contributed by atoms with Gasteiger partial charge in [0.1, 0.15) is 0 Å². The summed E-state index contributed by atoms with van der Waals surface area (Å²) in [4.78, 5) is 11.5. The second-order valence-electron chi connectivity index (χ2n) is 4.98. The number of rotatable bonds is 4. The molecule has 1 heterocycles. The van der Waals surface area contributed by atoms with Crippen LogP contribution in [0.5, 0.6) is 0 Å². The molecule has 1 aromatic heterocycles. The quantitative estimate of drug-likeness (QED) is 0.881. The van der Waals surface area contributed by atoms with Crippen LogP contribution in [0.4, 0.5) is 0 Å². The lowest BCUT2D eigenvalue weighted by Crippen LogP contribution is -2.29. The molecule has 0 atom stereocenters. The standard InChI is InChI=1S/C15H20N2O/c1-11(2)15(18)16-9-8-12-10-17(3)14-7-5-4-6-13(12)14/h4-7,10-11H,8-9H2,1-3H3,(H,16,18). The van der Waals surface area contributed by atoms with Gasteiger partial charge in [0.15, 0.2) is 0 Å². The van der Waals surface area contributed by atoms with E-state index >= 15 is 0 Å². The molecule has 3 heteroatoms. The highest BCUT2D eigenvalue weighted by molar-refractivity contribution is 5.84. The molecule has 3 nitrogen and oxygen atoms in total. The summed E-state index contributed by atoms with van der Waals surface area (Å²) in [7, 11) is 2.05. The predicted octanol–water partition coefficient (Wildman–Crippen LogP) is 2.49. The SMILES string of the molecule is CC(C)C(=O)NCCc1cn(C)c2ccccc12. The highest BCUT2D eigenvalue weighted by Crippen LogP contribution is 2.20. The van der Waals surface area contributed by atoms with E-state index in [1.165, 1.54) is 16.5 Å². The van der Waals surface area contributed by atoms with E-state index in [1.54, 1.807) is 0 Å². The monoisotopic (exact) mass is 244 g/mol. The van der Waals surface area contributed by atoms with E-state index in [4.69, 9.17) is 0 Å². The average molecular weight is 244 g/mol. The number of nitrogens with zero attached hydrogens (tertiary/aromatic N) is 1. The third-order valence-electron chi connectivity index (χ3n) is 3.20. The fourth-order valence-corrected chi connectivity index (χ4v) is 2.15. The zero-order valence-electron chi connectivity index (χ0n) is 11.2. The van der Waals surface area contributed by atoms with Crippen LogP contribution < -0.4 is 5.32 Å². The molecule has 1 aromatic carbocycles. The molecule has 18 heavy (non-hydrogen) atoms. The van der Waals surface area contributed by atoms with E-state index in [0.29, 0.717) is 6.54 Å². The van der Waals surface area contributed by atoms with Crippen LogP contribution >= 0.6 is 0 Å². The van der Waals surface area contributed by atoms with Gasteiger partial charge in [-0.1, -0.05) is 32.0 Å². The maximum absolute atomic E-state index is 11.5. The molecule has 0 aliphatic rings. The van der Waals surface area contributed by atoms with Crippen molar-refractivity contribution < 1.29 is 4.79 Å². The van der Waals surface area contributed by atoms with Crippen LogP contribution in [0.1, 0.15) is 19.4 Å². The summed E-state index contributed by atoms with van der Waals surface area (Å²) in [5.41, 5.74) is 2.53. The van der Waals surface area contributed by atoms with Gasteiger partial charge >= 0.3 is 0 Å². The zero-order chi connectivity index (χ0) is 13.1. The van der Waals surface area contributed by atoms with Gasteiger partial charge in [0.25, 0.3) is 0 Å². The number of carbonyl (C=O) groups is 1. The summed E-state index contributed by atoms with van der Waals surface area (Å²) in [6, 6.07) is 8.35. The van der Waals surface area contributed by atoms with E-state index in [9.17, 15) is 4.79 Å². The molecule has 1 amide bonds. The molecular formula is C15H20N2O. The molecule has 1 N–H and O–H groups in total. The van der Waals surface area contributed by atoms with Crippen molar-refractivity contribution >= 4 is 16.8 Å². The topological polar surface area (TPSA) is 34.0 Å². The van der Waals surface area contributed by atoms with Crippen molar-refractivity contribution in [1.82, 2.24) is 9.88 Å². The summed E-state index contributed by atoms with van der Waals surface area (Å²) in [6.45, 7) is 4.52. The maximum atomic E-state index is 11.5. The van der Waals surface area contributed by atoms with E-state index in [-0.39, 0.29) is 11.8 Å². The van der Waals surface area contributed by atoms with Gasteiger partial charge < -0.3 is 9.88 Å². The fourth-order valence-electron chi connectivity index (χ4n) is 2.15. The van der Waals surface area contributed by atoms with Gasteiger partial charge in [0.2, 0.25) is 5.91 Å². The van der Waals surface area contributed by atoms with Crippen LogP contribution in [0.25, 0.3) is 10.9 Å². The first-order valence-corrected chi connectivity index (χ1v) is 6.40. The Morgan fingerprint density at radius 3 is 2.78 bits per heavy atom. The summed E-state index contributed by atoms with van der Waals surface area (Å²) in [5, 5.41) is 4.23. The molecule has 0 spiro atoms. The van der Waals surface area contributed by atoms with Gasteiger partial charge in [0.05, 0.1) is 0 Å². The molecule has 96 valence electrons. The second-order valence-corrected chi connectivity index (χ2v) is 4.98. The third kappa shape index (κ3) is 2.55. The van der Waals surface area contributed by atoms with Crippen LogP contribution in [-0.4, -0.2) is 17.0 Å². The van der Waals surface area contributed by atoms with Crippen molar-refractivity contribution in [1.29, 1.82) is 0 Å². The average Bonchev–Trinajstić information content (AvgIpc) is 2.67. The lowest BCUT2D eigenvalue weighted by atomic mass is 10.1. The number of nitrogens with one attached hydrogen (secondary N) is 1. The Kier molecular flexibility index (Phi) is 3.70. The van der Waals surface area contributed by atoms with E-state index < -0.39 is 0 Å². The largest absolute Gasteiger partial charge is 0.356 e. The lowest BCUT2D eigenvalue weighted by molar-refractivity contribution is -0.123. The van der Waals surface area contributed by atoms with Crippen molar-refractivity contribution in [3.63, 3.8) is 0 Å². The molecule has 0 unspecified atom stereocenters. The molecule has 0 fully saturated rings. The first-order valence-electron chi connectivity index (χ1n) is 6.40. The Morgan fingerprint density at radius 2 is 2.06 bits per heavy atom. The first-order chi connectivity index (χ1) is 8.59. The van der Waals surface area contributed by atoms with Gasteiger partial charge in [0, 0.05) is 36.6 Å². The Balaban J connectivity index is 2.06. The number of fused-ring (bicyclic) bond motifs is 1. The Hall–Kier alpha value is -1.77. The number of carbonyl (C=O) groups excluding carboxylic acids is 1. The Morgan fingerprint density at radius 1 is 1.33 bits per heavy atom. The van der Waals surface area contributed by atoms with Crippen LogP contribution in [0.3, 0.4) is 0 Å². The molecular weight excluding hydrogens is 224 g/mol. The number of para-hydroxylation sites is 1. The number of hydrogen-bond donors (Lipinski definition) is 1. The van der Waals surface area contributed by atoms with Gasteiger partial charge in [-0.15, -0.1) is 0 Å². The van der Waals surface area contributed by atoms with Gasteiger partial charge in [-0.3, -0.25) is 4.79 Å². The molecule has 2 rings (SSSR count). The number of hydrogen-bond acceptors (Lipinski definition) is 1. The fraction of sp³-hybridized carbons (Fsp3) is 0.400. The molecule has 0 aliphatic carbocycles. The number of benzene rings is 1.